The van der Waals surface area contributed by atoms with Crippen molar-refractivity contribution in [2.45, 2.75) is 167 Å². The first-order chi connectivity index (χ1) is 27.6. The molecule has 57 heavy (non-hydrogen) atoms. The minimum absolute atomic E-state index is 0.0692. The van der Waals surface area contributed by atoms with Gasteiger partial charge in [0.05, 0.1) is 25.4 Å². The van der Waals surface area contributed by atoms with Crippen LogP contribution < -0.4 is 5.73 Å². The summed E-state index contributed by atoms with van der Waals surface area (Å²) >= 11 is 0. The molecular formula is C44H72NO11P. The smallest absolute Gasteiger partial charge is 0.472 e. The van der Waals surface area contributed by atoms with Crippen LogP contribution in [-0.4, -0.2) is 72.1 Å². The Morgan fingerprint density at radius 3 is 1.81 bits per heavy atom. The molecule has 3 unspecified atom stereocenters. The second-order valence-corrected chi connectivity index (χ2v) is 15.6. The molecule has 1 fully saturated rings. The number of carboxylic acids is 1. The van der Waals surface area contributed by atoms with Gasteiger partial charge >= 0.3 is 25.7 Å². The molecule has 1 heterocycles. The van der Waals surface area contributed by atoms with Gasteiger partial charge in [0.2, 0.25) is 0 Å². The number of phosphoric ester groups is 1. The molecule has 1 aliphatic heterocycles. The molecule has 1 saturated heterocycles. The summed E-state index contributed by atoms with van der Waals surface area (Å²) in [6.07, 6.45) is 42.8. The Hall–Kier alpha value is -3.12. The predicted molar refractivity (Wildman–Crippen MR) is 225 cm³/mol. The number of phosphoric acid groups is 1. The minimum Gasteiger partial charge on any atom is -0.480 e. The number of hydrogen-bond acceptors (Lipinski definition) is 10. The summed E-state index contributed by atoms with van der Waals surface area (Å²) in [6.45, 7) is 2.55. The van der Waals surface area contributed by atoms with E-state index in [-0.39, 0.29) is 31.7 Å². The zero-order chi connectivity index (χ0) is 41.8. The largest absolute Gasteiger partial charge is 0.480 e. The summed E-state index contributed by atoms with van der Waals surface area (Å²) in [6, 6.07) is -1.54. The van der Waals surface area contributed by atoms with Crippen molar-refractivity contribution in [3.8, 4) is 0 Å². The van der Waals surface area contributed by atoms with E-state index in [0.29, 0.717) is 19.3 Å². The number of carboxylic acid groups (broad SMARTS) is 1. The van der Waals surface area contributed by atoms with Gasteiger partial charge in [-0.25, -0.2) is 4.57 Å². The van der Waals surface area contributed by atoms with Crippen molar-refractivity contribution >= 4 is 25.7 Å². The van der Waals surface area contributed by atoms with Gasteiger partial charge in [-0.3, -0.25) is 23.4 Å². The van der Waals surface area contributed by atoms with Crippen molar-refractivity contribution in [2.24, 2.45) is 5.73 Å². The number of ether oxygens (including phenoxy) is 3. The fraction of sp³-hybridized carbons (Fsp3) is 0.659. The fourth-order valence-corrected chi connectivity index (χ4v) is 6.18. The lowest BCUT2D eigenvalue weighted by Crippen LogP contribution is -2.34. The van der Waals surface area contributed by atoms with Crippen molar-refractivity contribution in [3.63, 3.8) is 0 Å². The third kappa shape index (κ3) is 32.5. The molecule has 5 atom stereocenters. The average molecular weight is 822 g/mol. The predicted octanol–water partition coefficient (Wildman–Crippen LogP) is 9.93. The monoisotopic (exact) mass is 821 g/mol. The lowest BCUT2D eigenvalue weighted by molar-refractivity contribution is -0.161. The SMILES string of the molecule is CC/C=C\C/C=C\C/C=C\CCCCCCCC(=O)OC[C@H](COP(=O)(O)OC[C@H](N)C(=O)O)OC(=O)CCC/C=C\CC1OC1C/C=C\C/C=C\CCCCC. The maximum Gasteiger partial charge on any atom is 0.472 e. The molecule has 12 nitrogen and oxygen atoms in total. The molecule has 0 bridgehead atoms. The van der Waals surface area contributed by atoms with E-state index < -0.39 is 51.1 Å². The van der Waals surface area contributed by atoms with Crippen LogP contribution >= 0.6 is 7.82 Å². The molecule has 1 rings (SSSR count). The number of rotatable bonds is 37. The van der Waals surface area contributed by atoms with Crippen LogP contribution in [0.15, 0.2) is 72.9 Å². The maximum absolute atomic E-state index is 12.6. The van der Waals surface area contributed by atoms with Gasteiger partial charge in [-0.1, -0.05) is 119 Å². The topological polar surface area (TPSA) is 184 Å². The van der Waals surface area contributed by atoms with E-state index >= 15 is 0 Å². The highest BCUT2D eigenvalue weighted by Crippen LogP contribution is 2.43. The molecule has 0 aromatic heterocycles. The zero-order valence-corrected chi connectivity index (χ0v) is 35.5. The summed E-state index contributed by atoms with van der Waals surface area (Å²) in [5.74, 6) is -2.49. The third-order valence-corrected chi connectivity index (χ3v) is 9.79. The summed E-state index contributed by atoms with van der Waals surface area (Å²) < 4.78 is 38.4. The molecule has 0 spiro atoms. The van der Waals surface area contributed by atoms with E-state index in [9.17, 15) is 23.8 Å². The molecule has 0 amide bonds. The quantitative estimate of drug-likeness (QED) is 0.0177. The molecule has 0 aromatic rings. The molecule has 0 aliphatic carbocycles. The first kappa shape index (κ1) is 51.9. The summed E-state index contributed by atoms with van der Waals surface area (Å²) in [4.78, 5) is 46.0. The Morgan fingerprint density at radius 2 is 1.16 bits per heavy atom. The molecule has 324 valence electrons. The summed E-state index contributed by atoms with van der Waals surface area (Å²) in [5.41, 5.74) is 5.33. The second-order valence-electron chi connectivity index (χ2n) is 14.1. The standard InChI is InChI=1S/C44H72NO11P/c1-3-5-7-9-11-13-14-15-16-17-18-20-22-24-29-33-42(46)52-35-38(36-53-57(50,51)54-37-39(45)44(48)49)55-43(47)34-30-26-25-28-32-41-40(56-41)31-27-23-21-19-12-10-8-6-4-2/h5,7,11-13,15-16,19,23,25,27-28,38-41H,3-4,6,8-10,14,17-18,20-22,24,26,29-37,45H2,1-2H3,(H,48,49)(H,50,51)/b7-5-,13-11-,16-15-,19-12-,27-23-,28-25-/t38-,39+,40?,41?/m1/s1. The molecule has 0 saturated carbocycles. The van der Waals surface area contributed by atoms with Gasteiger partial charge in [-0.2, -0.15) is 0 Å². The number of aliphatic carboxylic acids is 1. The van der Waals surface area contributed by atoms with Crippen LogP contribution in [0.4, 0.5) is 0 Å². The second kappa shape index (κ2) is 34.9. The lowest BCUT2D eigenvalue weighted by atomic mass is 10.1. The molecule has 0 radical (unpaired) electrons. The molecule has 0 aromatic carbocycles. The van der Waals surface area contributed by atoms with Crippen LogP contribution in [-0.2, 0) is 42.2 Å². The number of allylic oxidation sites excluding steroid dienone is 10. The van der Waals surface area contributed by atoms with Gasteiger partial charge in [0.15, 0.2) is 6.10 Å². The molecule has 4 N–H and O–H groups in total. The molecular weight excluding hydrogens is 749 g/mol. The van der Waals surface area contributed by atoms with Gasteiger partial charge in [-0.05, 0) is 83.5 Å². The van der Waals surface area contributed by atoms with Crippen LogP contribution in [0, 0.1) is 0 Å². The number of hydrogen-bond donors (Lipinski definition) is 3. The van der Waals surface area contributed by atoms with Gasteiger partial charge in [0.1, 0.15) is 12.6 Å². The Kier molecular flexibility index (Phi) is 31.8. The van der Waals surface area contributed by atoms with E-state index in [1.54, 1.807) is 0 Å². The van der Waals surface area contributed by atoms with Gasteiger partial charge in [0.25, 0.3) is 0 Å². The fourth-order valence-electron chi connectivity index (χ4n) is 5.41. The van der Waals surface area contributed by atoms with Crippen LogP contribution in [0.25, 0.3) is 0 Å². The van der Waals surface area contributed by atoms with Gasteiger partial charge in [-0.15, -0.1) is 0 Å². The van der Waals surface area contributed by atoms with Crippen molar-refractivity contribution in [2.75, 3.05) is 19.8 Å². The third-order valence-electron chi connectivity index (χ3n) is 8.84. The highest BCUT2D eigenvalue weighted by molar-refractivity contribution is 7.47. The number of carbonyl (C=O) groups excluding carboxylic acids is 2. The highest BCUT2D eigenvalue weighted by atomic mass is 31.2. The van der Waals surface area contributed by atoms with Crippen molar-refractivity contribution in [1.82, 2.24) is 0 Å². The Labute approximate surface area is 342 Å². The Bertz CT molecular complexity index is 1310. The Morgan fingerprint density at radius 1 is 0.649 bits per heavy atom. The number of carbonyl (C=O) groups is 3. The van der Waals surface area contributed by atoms with Crippen molar-refractivity contribution in [1.29, 1.82) is 0 Å². The number of esters is 2. The van der Waals surface area contributed by atoms with Crippen molar-refractivity contribution < 1.29 is 52.2 Å². The van der Waals surface area contributed by atoms with E-state index in [2.05, 4.69) is 85.2 Å². The van der Waals surface area contributed by atoms with E-state index in [1.807, 2.05) is 6.08 Å². The molecule has 13 heteroatoms. The number of unbranched alkanes of at least 4 members (excludes halogenated alkanes) is 9. The zero-order valence-electron chi connectivity index (χ0n) is 34.6. The van der Waals surface area contributed by atoms with Crippen LogP contribution in [0.1, 0.15) is 142 Å². The average Bonchev–Trinajstić information content (AvgIpc) is 3.94. The Balaban J connectivity index is 2.37. The lowest BCUT2D eigenvalue weighted by Gasteiger charge is -2.20. The summed E-state index contributed by atoms with van der Waals surface area (Å²) in [7, 11) is -4.74. The normalized spacial score (nSPS) is 18.0. The van der Waals surface area contributed by atoms with E-state index in [1.165, 1.54) is 19.3 Å². The number of nitrogens with two attached hydrogens (primary N) is 1. The maximum atomic E-state index is 12.6. The first-order valence-electron chi connectivity index (χ1n) is 21.1. The van der Waals surface area contributed by atoms with Crippen LogP contribution in [0.2, 0.25) is 0 Å². The van der Waals surface area contributed by atoms with E-state index in [4.69, 9.17) is 29.6 Å². The van der Waals surface area contributed by atoms with Gasteiger partial charge in [0, 0.05) is 12.8 Å². The van der Waals surface area contributed by atoms with E-state index in [0.717, 1.165) is 77.0 Å². The highest BCUT2D eigenvalue weighted by Gasteiger charge is 2.36. The van der Waals surface area contributed by atoms with Crippen molar-refractivity contribution in [3.05, 3.63) is 72.9 Å². The minimum atomic E-state index is -4.74. The summed E-state index contributed by atoms with van der Waals surface area (Å²) in [5, 5.41) is 8.89. The van der Waals surface area contributed by atoms with Crippen LogP contribution in [0.3, 0.4) is 0 Å². The first-order valence-corrected chi connectivity index (χ1v) is 22.6. The van der Waals surface area contributed by atoms with Crippen LogP contribution in [0.5, 0.6) is 0 Å². The molecule has 1 aliphatic rings. The number of epoxide rings is 1. The van der Waals surface area contributed by atoms with Gasteiger partial charge < -0.3 is 29.9 Å².